The Hall–Kier alpha value is -3.78. The number of amides is 1. The van der Waals surface area contributed by atoms with Crippen LogP contribution in [0.5, 0.6) is 0 Å². The second-order valence-electron chi connectivity index (χ2n) is 13.2. The van der Waals surface area contributed by atoms with Gasteiger partial charge in [0.1, 0.15) is 11.3 Å². The van der Waals surface area contributed by atoms with Gasteiger partial charge < -0.3 is 23.7 Å². The summed E-state index contributed by atoms with van der Waals surface area (Å²) in [6.07, 6.45) is -0.497. The standard InChI is InChI=1S/C38H53N5O7/c1-29-8-6-11-35(39-29)36(31-12-14-32(15-13-31)41-37(45)50-38(3,4)5)43-18-22-48-26-24-46-20-16-42(17-21-47-25-27-49-23-19-43)28-33-9-7-10-34(40-33)30(2)44/h6-15,36H,16-28H2,1-5H3,(H,41,45). The quantitative estimate of drug-likeness (QED) is 0.324. The van der Waals surface area contributed by atoms with Gasteiger partial charge in [-0.25, -0.2) is 9.78 Å². The van der Waals surface area contributed by atoms with Crippen molar-refractivity contribution < 1.29 is 33.3 Å². The average molecular weight is 692 g/mol. The number of hydrogen-bond acceptors (Lipinski definition) is 11. The van der Waals surface area contributed by atoms with Crippen molar-refractivity contribution in [1.29, 1.82) is 0 Å². The maximum Gasteiger partial charge on any atom is 0.412 e. The first kappa shape index (κ1) is 39.0. The van der Waals surface area contributed by atoms with Gasteiger partial charge in [0, 0.05) is 51.0 Å². The van der Waals surface area contributed by atoms with Gasteiger partial charge in [0.2, 0.25) is 0 Å². The van der Waals surface area contributed by atoms with E-state index in [1.54, 1.807) is 6.07 Å². The number of aryl methyl sites for hydroxylation is 1. The van der Waals surface area contributed by atoms with Crippen LogP contribution in [0.25, 0.3) is 0 Å². The zero-order valence-corrected chi connectivity index (χ0v) is 30.2. The molecule has 50 heavy (non-hydrogen) atoms. The molecule has 4 rings (SSSR count). The third-order valence-electron chi connectivity index (χ3n) is 7.87. The maximum absolute atomic E-state index is 12.4. The van der Waals surface area contributed by atoms with Crippen molar-refractivity contribution in [2.45, 2.75) is 52.8 Å². The van der Waals surface area contributed by atoms with Crippen molar-refractivity contribution in [2.75, 3.05) is 84.4 Å². The van der Waals surface area contributed by atoms with Crippen LogP contribution in [0.1, 0.15) is 66.9 Å². The molecule has 1 fully saturated rings. The van der Waals surface area contributed by atoms with Crippen molar-refractivity contribution in [2.24, 2.45) is 0 Å². The van der Waals surface area contributed by atoms with Gasteiger partial charge in [0.05, 0.1) is 70.3 Å². The molecule has 3 aromatic rings. The first-order valence-corrected chi connectivity index (χ1v) is 17.3. The Morgan fingerprint density at radius 1 is 0.780 bits per heavy atom. The molecule has 1 amide bonds. The number of nitrogens with zero attached hydrogens (tertiary/aromatic N) is 4. The van der Waals surface area contributed by atoms with Gasteiger partial charge in [-0.1, -0.05) is 24.3 Å². The van der Waals surface area contributed by atoms with Crippen LogP contribution in [0.15, 0.2) is 60.7 Å². The number of benzene rings is 1. The largest absolute Gasteiger partial charge is 0.444 e. The van der Waals surface area contributed by atoms with Crippen molar-refractivity contribution in [3.8, 4) is 0 Å². The molecule has 0 spiro atoms. The van der Waals surface area contributed by atoms with Crippen LogP contribution in [0.3, 0.4) is 0 Å². The highest BCUT2D eigenvalue weighted by Crippen LogP contribution is 2.29. The Bertz CT molecular complexity index is 1460. The Balaban J connectivity index is 1.40. The number of pyridine rings is 2. The molecule has 1 aliphatic rings. The van der Waals surface area contributed by atoms with Crippen LogP contribution in [0.2, 0.25) is 0 Å². The lowest BCUT2D eigenvalue weighted by Gasteiger charge is -2.32. The first-order chi connectivity index (χ1) is 24.1. The Labute approximate surface area is 296 Å². The van der Waals surface area contributed by atoms with Crippen molar-refractivity contribution in [3.63, 3.8) is 0 Å². The topological polar surface area (TPSA) is 125 Å². The normalized spacial score (nSPS) is 17.6. The van der Waals surface area contributed by atoms with Gasteiger partial charge in [0.25, 0.3) is 0 Å². The summed E-state index contributed by atoms with van der Waals surface area (Å²) in [6.45, 7) is 16.2. The number of carbonyl (C=O) groups excluding carboxylic acids is 2. The Morgan fingerprint density at radius 2 is 1.36 bits per heavy atom. The molecule has 0 saturated carbocycles. The highest BCUT2D eigenvalue weighted by atomic mass is 16.6. The summed E-state index contributed by atoms with van der Waals surface area (Å²) < 4.78 is 29.4. The van der Waals surface area contributed by atoms with Gasteiger partial charge in [-0.15, -0.1) is 0 Å². The zero-order valence-electron chi connectivity index (χ0n) is 30.2. The van der Waals surface area contributed by atoms with Crippen LogP contribution in [-0.4, -0.2) is 116 Å². The van der Waals surface area contributed by atoms with Gasteiger partial charge >= 0.3 is 6.09 Å². The molecule has 1 aliphatic heterocycles. The highest BCUT2D eigenvalue weighted by Gasteiger charge is 2.24. The third kappa shape index (κ3) is 13.9. The molecule has 0 radical (unpaired) electrons. The second-order valence-corrected chi connectivity index (χ2v) is 13.2. The van der Waals surface area contributed by atoms with E-state index in [4.69, 9.17) is 28.7 Å². The van der Waals surface area contributed by atoms with E-state index in [2.05, 4.69) is 20.1 Å². The molecule has 0 bridgehead atoms. The highest BCUT2D eigenvalue weighted by molar-refractivity contribution is 5.92. The zero-order chi connectivity index (χ0) is 35.8. The number of carbonyl (C=O) groups is 2. The van der Waals surface area contributed by atoms with Crippen LogP contribution >= 0.6 is 0 Å². The van der Waals surface area contributed by atoms with Gasteiger partial charge in [-0.05, 0) is 69.7 Å². The summed E-state index contributed by atoms with van der Waals surface area (Å²) in [5, 5.41) is 2.82. The van der Waals surface area contributed by atoms with Gasteiger partial charge in [-0.3, -0.25) is 24.9 Å². The molecule has 1 saturated heterocycles. The summed E-state index contributed by atoms with van der Waals surface area (Å²) in [6, 6.07) is 19.2. The van der Waals surface area contributed by atoms with E-state index in [0.717, 1.165) is 22.6 Å². The number of ketones is 1. The molecule has 2 aromatic heterocycles. The van der Waals surface area contributed by atoms with Crippen LogP contribution in [0.4, 0.5) is 10.5 Å². The molecule has 12 heteroatoms. The number of anilines is 1. The number of hydrogen-bond donors (Lipinski definition) is 1. The lowest BCUT2D eigenvalue weighted by Crippen LogP contribution is -2.36. The van der Waals surface area contributed by atoms with Crippen LogP contribution in [0, 0.1) is 6.92 Å². The van der Waals surface area contributed by atoms with E-state index in [-0.39, 0.29) is 11.8 Å². The monoisotopic (exact) mass is 691 g/mol. The summed E-state index contributed by atoms with van der Waals surface area (Å²) in [5.74, 6) is -0.0490. The maximum atomic E-state index is 12.4. The minimum atomic E-state index is -0.588. The van der Waals surface area contributed by atoms with Gasteiger partial charge in [0.15, 0.2) is 5.78 Å². The fourth-order valence-electron chi connectivity index (χ4n) is 5.48. The lowest BCUT2D eigenvalue weighted by atomic mass is 10.00. The van der Waals surface area contributed by atoms with E-state index < -0.39 is 11.7 Å². The summed E-state index contributed by atoms with van der Waals surface area (Å²) in [4.78, 5) is 38.1. The van der Waals surface area contributed by atoms with Crippen LogP contribution < -0.4 is 5.32 Å². The molecular weight excluding hydrogens is 638 g/mol. The minimum absolute atomic E-state index is 0.0490. The predicted molar refractivity (Wildman–Crippen MR) is 191 cm³/mol. The number of Topliss-reactive ketones (excluding diaryl/α,β-unsaturated/α-hetero) is 1. The molecule has 1 unspecified atom stereocenters. The molecule has 1 atom stereocenters. The van der Waals surface area contributed by atoms with Crippen LogP contribution in [-0.2, 0) is 30.2 Å². The summed E-state index contributed by atoms with van der Waals surface area (Å²) in [7, 11) is 0. The summed E-state index contributed by atoms with van der Waals surface area (Å²) >= 11 is 0. The minimum Gasteiger partial charge on any atom is -0.444 e. The SMILES string of the molecule is CC(=O)c1cccc(CN2CCOCCOCCN(C(c3ccc(NC(=O)OC(C)(C)C)cc3)c3cccc(C)n3)CCOCCOCC2)n1. The molecule has 1 aromatic carbocycles. The Kier molecular flexibility index (Phi) is 15.7. The van der Waals surface area contributed by atoms with Crippen molar-refractivity contribution in [3.05, 3.63) is 89.0 Å². The van der Waals surface area contributed by atoms with E-state index >= 15 is 0 Å². The lowest BCUT2D eigenvalue weighted by molar-refractivity contribution is 0.00332. The van der Waals surface area contributed by atoms with E-state index in [1.165, 1.54) is 6.92 Å². The molecule has 3 heterocycles. The predicted octanol–water partition coefficient (Wildman–Crippen LogP) is 5.31. The van der Waals surface area contributed by atoms with Crippen molar-refractivity contribution >= 4 is 17.6 Å². The Morgan fingerprint density at radius 3 is 1.92 bits per heavy atom. The van der Waals surface area contributed by atoms with Crippen molar-refractivity contribution in [1.82, 2.24) is 19.8 Å². The number of aromatic nitrogens is 2. The summed E-state index contributed by atoms with van der Waals surface area (Å²) in [5.41, 5.74) is 4.24. The van der Waals surface area contributed by atoms with E-state index in [0.29, 0.717) is 97.0 Å². The fourth-order valence-corrected chi connectivity index (χ4v) is 5.48. The average Bonchev–Trinajstić information content (AvgIpc) is 3.06. The molecule has 12 nitrogen and oxygen atoms in total. The smallest absolute Gasteiger partial charge is 0.412 e. The third-order valence-corrected chi connectivity index (χ3v) is 7.87. The molecule has 272 valence electrons. The van der Waals surface area contributed by atoms with Gasteiger partial charge in [-0.2, -0.15) is 0 Å². The fraction of sp³-hybridized carbons (Fsp3) is 0.526. The number of rotatable bonds is 7. The van der Waals surface area contributed by atoms with E-state index in [1.807, 2.05) is 82.3 Å². The first-order valence-electron chi connectivity index (χ1n) is 17.3. The molecule has 1 N–H and O–H groups in total. The number of nitrogens with one attached hydrogen (secondary N) is 1. The number of ether oxygens (including phenoxy) is 5. The second kappa shape index (κ2) is 20.2. The molecule has 0 aliphatic carbocycles. The molecular formula is C38H53N5O7. The van der Waals surface area contributed by atoms with E-state index in [9.17, 15) is 9.59 Å².